The van der Waals surface area contributed by atoms with Crippen molar-refractivity contribution in [1.29, 1.82) is 0 Å². The van der Waals surface area contributed by atoms with Crippen molar-refractivity contribution >= 4 is 10.8 Å². The minimum Gasteiger partial charge on any atom is -0.321 e. The van der Waals surface area contributed by atoms with Gasteiger partial charge in [0.1, 0.15) is 0 Å². The molecule has 0 bridgehead atoms. The lowest BCUT2D eigenvalue weighted by molar-refractivity contribution is 0.204. The van der Waals surface area contributed by atoms with E-state index in [0.717, 1.165) is 42.5 Å². The Balaban J connectivity index is 1.26. The molecule has 3 heteroatoms. The van der Waals surface area contributed by atoms with E-state index < -0.39 is 0 Å². The number of aromatic amines is 1. The summed E-state index contributed by atoms with van der Waals surface area (Å²) in [6.07, 6.45) is 3.34. The van der Waals surface area contributed by atoms with E-state index in [9.17, 15) is 4.79 Å². The molecule has 31 heavy (non-hydrogen) atoms. The van der Waals surface area contributed by atoms with Crippen LogP contribution in [0.1, 0.15) is 41.0 Å². The Morgan fingerprint density at radius 1 is 0.806 bits per heavy atom. The number of rotatable bonds is 3. The maximum atomic E-state index is 12.6. The topological polar surface area (TPSA) is 36.1 Å². The maximum absolute atomic E-state index is 12.6. The van der Waals surface area contributed by atoms with Gasteiger partial charge in [-0.05, 0) is 65.6 Å². The Morgan fingerprint density at radius 2 is 1.55 bits per heavy atom. The number of hydrogen-bond acceptors (Lipinski definition) is 2. The molecule has 0 spiro atoms. The molecule has 1 N–H and O–H groups in total. The van der Waals surface area contributed by atoms with Crippen LogP contribution in [0.25, 0.3) is 22.0 Å². The van der Waals surface area contributed by atoms with E-state index in [4.69, 9.17) is 0 Å². The van der Waals surface area contributed by atoms with Crippen molar-refractivity contribution in [3.63, 3.8) is 0 Å². The predicted octanol–water partition coefficient (Wildman–Crippen LogP) is 5.48. The first-order valence-corrected chi connectivity index (χ1v) is 11.3. The van der Waals surface area contributed by atoms with Crippen molar-refractivity contribution in [3.8, 4) is 11.3 Å². The van der Waals surface area contributed by atoms with Crippen LogP contribution in [0.2, 0.25) is 0 Å². The van der Waals surface area contributed by atoms with Crippen molar-refractivity contribution in [2.45, 2.75) is 31.7 Å². The van der Waals surface area contributed by atoms with Crippen LogP contribution < -0.4 is 5.56 Å². The molecule has 6 rings (SSSR count). The summed E-state index contributed by atoms with van der Waals surface area (Å²) < 4.78 is 0. The fourth-order valence-electron chi connectivity index (χ4n) is 5.54. The Hall–Kier alpha value is -3.17. The van der Waals surface area contributed by atoms with E-state index >= 15 is 0 Å². The minimum atomic E-state index is 0.00980. The zero-order valence-electron chi connectivity index (χ0n) is 17.6. The second-order valence-electron chi connectivity index (χ2n) is 8.93. The fourth-order valence-corrected chi connectivity index (χ4v) is 5.54. The number of H-pyrrole nitrogens is 1. The first kappa shape index (κ1) is 18.6. The fraction of sp³-hybridized carbons (Fsp3) is 0.250. The Morgan fingerprint density at radius 3 is 2.35 bits per heavy atom. The average molecular weight is 407 g/mol. The predicted molar refractivity (Wildman–Crippen MR) is 127 cm³/mol. The monoisotopic (exact) mass is 406 g/mol. The molecule has 0 amide bonds. The number of hydrogen-bond donors (Lipinski definition) is 1. The van der Waals surface area contributed by atoms with Crippen molar-refractivity contribution in [2.75, 3.05) is 13.1 Å². The van der Waals surface area contributed by atoms with Crippen LogP contribution in [0.15, 0.2) is 77.6 Å². The molecule has 0 radical (unpaired) electrons. The van der Waals surface area contributed by atoms with Gasteiger partial charge in [-0.2, -0.15) is 0 Å². The molecule has 1 fully saturated rings. The molecular weight excluding hydrogens is 380 g/mol. The van der Waals surface area contributed by atoms with Crippen LogP contribution in [0.3, 0.4) is 0 Å². The standard InChI is InChI=1S/C28H26N2O/c31-28-24-11-5-4-10-22(24)26-17-25-21(9-6-12-23(25)27(26)29-28)18-30-15-13-20(14-16-30)19-7-2-1-3-8-19/h1-12,20H,13-18H2,(H,29,31). The molecule has 0 atom stereocenters. The molecule has 0 unspecified atom stereocenters. The third kappa shape index (κ3) is 3.21. The smallest absolute Gasteiger partial charge is 0.256 e. The first-order valence-electron chi connectivity index (χ1n) is 11.3. The van der Waals surface area contributed by atoms with E-state index in [2.05, 4.69) is 64.5 Å². The molecule has 1 aliphatic carbocycles. The molecule has 0 saturated carbocycles. The van der Waals surface area contributed by atoms with Gasteiger partial charge in [-0.15, -0.1) is 0 Å². The number of pyridine rings is 1. The number of nitrogens with one attached hydrogen (secondary N) is 1. The Bertz CT molecular complexity index is 1310. The van der Waals surface area contributed by atoms with Crippen molar-refractivity contribution in [3.05, 3.63) is 105 Å². The highest BCUT2D eigenvalue weighted by molar-refractivity contribution is 5.93. The highest BCUT2D eigenvalue weighted by atomic mass is 16.1. The lowest BCUT2D eigenvalue weighted by Crippen LogP contribution is -2.32. The van der Waals surface area contributed by atoms with Gasteiger partial charge in [-0.3, -0.25) is 9.69 Å². The molecule has 3 aromatic carbocycles. The van der Waals surface area contributed by atoms with E-state index in [1.165, 1.54) is 40.7 Å². The summed E-state index contributed by atoms with van der Waals surface area (Å²) >= 11 is 0. The van der Waals surface area contributed by atoms with Crippen molar-refractivity contribution in [1.82, 2.24) is 9.88 Å². The second kappa shape index (κ2) is 7.51. The largest absolute Gasteiger partial charge is 0.321 e. The molecule has 2 heterocycles. The van der Waals surface area contributed by atoms with Crippen molar-refractivity contribution < 1.29 is 0 Å². The lowest BCUT2D eigenvalue weighted by Gasteiger charge is -2.32. The number of benzene rings is 3. The molecule has 4 aromatic rings. The number of fused-ring (bicyclic) bond motifs is 5. The minimum absolute atomic E-state index is 0.00980. The number of piperidine rings is 1. The third-order valence-corrected chi connectivity index (χ3v) is 7.19. The third-order valence-electron chi connectivity index (χ3n) is 7.19. The van der Waals surface area contributed by atoms with E-state index in [-0.39, 0.29) is 5.56 Å². The number of aromatic nitrogens is 1. The van der Waals surface area contributed by atoms with Crippen LogP contribution in [0.4, 0.5) is 0 Å². The summed E-state index contributed by atoms with van der Waals surface area (Å²) in [5, 5.41) is 1.88. The quantitative estimate of drug-likeness (QED) is 0.431. The molecule has 1 saturated heterocycles. The highest BCUT2D eigenvalue weighted by Crippen LogP contribution is 2.40. The molecular formula is C28H26N2O. The van der Waals surface area contributed by atoms with E-state index in [1.807, 2.05) is 18.2 Å². The van der Waals surface area contributed by atoms with Crippen LogP contribution in [-0.4, -0.2) is 23.0 Å². The number of nitrogens with zero attached hydrogens (tertiary/aromatic N) is 1. The van der Waals surface area contributed by atoms with Crippen LogP contribution in [0, 0.1) is 0 Å². The summed E-state index contributed by atoms with van der Waals surface area (Å²) in [5.41, 5.74) is 7.76. The van der Waals surface area contributed by atoms with Gasteiger partial charge in [0, 0.05) is 23.9 Å². The Kier molecular flexibility index (Phi) is 4.50. The molecule has 154 valence electrons. The molecule has 1 aromatic heterocycles. The van der Waals surface area contributed by atoms with Gasteiger partial charge in [-0.25, -0.2) is 0 Å². The zero-order chi connectivity index (χ0) is 20.8. The van der Waals surface area contributed by atoms with E-state index in [1.54, 1.807) is 0 Å². The van der Waals surface area contributed by atoms with Crippen LogP contribution in [-0.2, 0) is 13.0 Å². The number of likely N-dealkylation sites (tertiary alicyclic amines) is 1. The molecule has 1 aliphatic heterocycles. The van der Waals surface area contributed by atoms with Gasteiger partial charge in [0.15, 0.2) is 0 Å². The zero-order valence-corrected chi connectivity index (χ0v) is 17.6. The van der Waals surface area contributed by atoms with Gasteiger partial charge in [0.25, 0.3) is 5.56 Å². The van der Waals surface area contributed by atoms with Gasteiger partial charge in [-0.1, -0.05) is 66.7 Å². The van der Waals surface area contributed by atoms with Gasteiger partial charge < -0.3 is 4.98 Å². The summed E-state index contributed by atoms with van der Waals surface area (Å²) in [5.74, 6) is 0.680. The highest BCUT2D eigenvalue weighted by Gasteiger charge is 2.26. The second-order valence-corrected chi connectivity index (χ2v) is 8.93. The first-order chi connectivity index (χ1) is 15.3. The van der Waals surface area contributed by atoms with E-state index in [0.29, 0.717) is 5.92 Å². The maximum Gasteiger partial charge on any atom is 0.256 e. The normalized spacial score (nSPS) is 16.4. The summed E-state index contributed by atoms with van der Waals surface area (Å²) in [7, 11) is 0. The SMILES string of the molecule is O=c1[nH]c2c(c3ccccc13)Cc1c(CN3CCC(c4ccccc4)CC3)cccc1-2. The summed E-state index contributed by atoms with van der Waals surface area (Å²) in [4.78, 5) is 18.4. The van der Waals surface area contributed by atoms with Crippen molar-refractivity contribution in [2.24, 2.45) is 0 Å². The average Bonchev–Trinajstić information content (AvgIpc) is 3.20. The lowest BCUT2D eigenvalue weighted by atomic mass is 9.89. The molecule has 3 nitrogen and oxygen atoms in total. The van der Waals surface area contributed by atoms with Crippen LogP contribution >= 0.6 is 0 Å². The molecule has 2 aliphatic rings. The Labute approximate surface area is 182 Å². The van der Waals surface area contributed by atoms with Gasteiger partial charge in [0.05, 0.1) is 5.69 Å². The van der Waals surface area contributed by atoms with Gasteiger partial charge in [0.2, 0.25) is 0 Å². The van der Waals surface area contributed by atoms with Gasteiger partial charge >= 0.3 is 0 Å². The summed E-state index contributed by atoms with van der Waals surface area (Å²) in [6.45, 7) is 3.26. The van der Waals surface area contributed by atoms with Crippen LogP contribution in [0.5, 0.6) is 0 Å². The summed E-state index contributed by atoms with van der Waals surface area (Å²) in [6, 6.07) is 25.5.